The Morgan fingerprint density at radius 3 is 2.41 bits per heavy atom. The number of nitrogens with zero attached hydrogens (tertiary/aromatic N) is 4. The Hall–Kier alpha value is -2.14. The zero-order valence-corrected chi connectivity index (χ0v) is 18.6. The van der Waals surface area contributed by atoms with Crippen LogP contribution < -0.4 is 0 Å². The first-order chi connectivity index (χ1) is 13.8. The van der Waals surface area contributed by atoms with Crippen molar-refractivity contribution >= 4 is 5.91 Å². The van der Waals surface area contributed by atoms with Crippen LogP contribution in [0.5, 0.6) is 0 Å². The van der Waals surface area contributed by atoms with Gasteiger partial charge in [0, 0.05) is 33.1 Å². The molecule has 1 saturated carbocycles. The summed E-state index contributed by atoms with van der Waals surface area (Å²) in [6.45, 7) is 3.79. The first-order valence-corrected chi connectivity index (χ1v) is 10.8. The van der Waals surface area contributed by atoms with Crippen molar-refractivity contribution in [3.8, 4) is 0 Å². The first-order valence-electron chi connectivity index (χ1n) is 10.8. The molecule has 1 aromatic heterocycles. The second kappa shape index (κ2) is 9.57. The Balaban J connectivity index is 1.51. The largest absolute Gasteiger partial charge is 0.345 e. The average molecular weight is 397 g/mol. The molecule has 158 valence electrons. The number of benzene rings is 1. The molecule has 5 nitrogen and oxygen atoms in total. The van der Waals surface area contributed by atoms with Crippen LogP contribution in [0.2, 0.25) is 0 Å². The van der Waals surface area contributed by atoms with Crippen molar-refractivity contribution in [2.75, 3.05) is 27.7 Å². The van der Waals surface area contributed by atoms with Gasteiger partial charge in [0.2, 0.25) is 5.91 Å². The molecule has 1 aliphatic carbocycles. The number of aryl methyl sites for hydroxylation is 1. The fourth-order valence-electron chi connectivity index (χ4n) is 4.53. The molecule has 0 bridgehead atoms. The molecule has 1 aromatic carbocycles. The van der Waals surface area contributed by atoms with Gasteiger partial charge in [-0.05, 0) is 64.3 Å². The minimum atomic E-state index is -0.0822. The van der Waals surface area contributed by atoms with Gasteiger partial charge in [-0.25, -0.2) is 0 Å². The summed E-state index contributed by atoms with van der Waals surface area (Å²) in [5.74, 6) is 1.28. The summed E-state index contributed by atoms with van der Waals surface area (Å²) in [5.41, 5.74) is 3.61. The number of carbonyl (C=O) groups excluding carboxylic acids is 1. The molecular weight excluding hydrogens is 360 g/mol. The van der Waals surface area contributed by atoms with Gasteiger partial charge in [0.25, 0.3) is 0 Å². The summed E-state index contributed by atoms with van der Waals surface area (Å²) < 4.78 is 2.03. The Kier molecular flexibility index (Phi) is 7.12. The maximum Gasteiger partial charge on any atom is 0.229 e. The van der Waals surface area contributed by atoms with Crippen molar-refractivity contribution in [1.82, 2.24) is 19.6 Å². The zero-order chi connectivity index (χ0) is 21.0. The molecule has 0 radical (unpaired) electrons. The number of rotatable bonds is 7. The highest BCUT2D eigenvalue weighted by atomic mass is 16.2. The van der Waals surface area contributed by atoms with Crippen LogP contribution in [0.25, 0.3) is 0 Å². The van der Waals surface area contributed by atoms with E-state index in [1.165, 1.54) is 37.1 Å². The standard InChI is InChI=1S/C24H36N4O/c1-18(20-9-7-6-8-10-20)24(29)27(4)16-19-11-13-21(14-12-19)23-15-22(17-26(2)3)28(5)25-23/h6-10,15,18-19,21H,11-14,16-17H2,1-5H3/t18-,19?,21?/m0/s1. The smallest absolute Gasteiger partial charge is 0.229 e. The lowest BCUT2D eigenvalue weighted by atomic mass is 9.80. The van der Waals surface area contributed by atoms with Gasteiger partial charge in [-0.1, -0.05) is 30.3 Å². The van der Waals surface area contributed by atoms with E-state index >= 15 is 0 Å². The molecular formula is C24H36N4O. The average Bonchev–Trinajstić information content (AvgIpc) is 3.07. The predicted molar refractivity (Wildman–Crippen MR) is 118 cm³/mol. The van der Waals surface area contributed by atoms with Crippen molar-refractivity contribution in [2.45, 2.75) is 51.0 Å². The van der Waals surface area contributed by atoms with Gasteiger partial charge in [-0.3, -0.25) is 9.48 Å². The zero-order valence-electron chi connectivity index (χ0n) is 18.6. The van der Waals surface area contributed by atoms with Crippen molar-refractivity contribution in [1.29, 1.82) is 0 Å². The Morgan fingerprint density at radius 1 is 1.14 bits per heavy atom. The Morgan fingerprint density at radius 2 is 1.79 bits per heavy atom. The van der Waals surface area contributed by atoms with Crippen LogP contribution >= 0.6 is 0 Å². The van der Waals surface area contributed by atoms with Gasteiger partial charge in [-0.2, -0.15) is 5.10 Å². The van der Waals surface area contributed by atoms with Gasteiger partial charge in [-0.15, -0.1) is 0 Å². The molecule has 1 atom stereocenters. The lowest BCUT2D eigenvalue weighted by Crippen LogP contribution is -2.35. The van der Waals surface area contributed by atoms with Crippen molar-refractivity contribution in [3.63, 3.8) is 0 Å². The minimum absolute atomic E-state index is 0.0822. The molecule has 5 heteroatoms. The molecule has 1 heterocycles. The van der Waals surface area contributed by atoms with Crippen LogP contribution in [0.1, 0.15) is 61.4 Å². The number of amides is 1. The number of carbonyl (C=O) groups is 1. The fourth-order valence-corrected chi connectivity index (χ4v) is 4.53. The summed E-state index contributed by atoms with van der Waals surface area (Å²) >= 11 is 0. The first kappa shape index (κ1) is 21.6. The summed E-state index contributed by atoms with van der Waals surface area (Å²) in [6, 6.07) is 12.4. The summed E-state index contributed by atoms with van der Waals surface area (Å²) in [5, 5.41) is 4.78. The summed E-state index contributed by atoms with van der Waals surface area (Å²) in [6.07, 6.45) is 4.67. The maximum absolute atomic E-state index is 12.8. The van der Waals surface area contributed by atoms with E-state index in [1.54, 1.807) is 0 Å². The Bertz CT molecular complexity index is 790. The molecule has 1 amide bonds. The quantitative estimate of drug-likeness (QED) is 0.710. The van der Waals surface area contributed by atoms with Crippen LogP contribution in [0.3, 0.4) is 0 Å². The van der Waals surface area contributed by atoms with E-state index in [4.69, 9.17) is 5.10 Å². The van der Waals surface area contributed by atoms with Gasteiger partial charge in [0.15, 0.2) is 0 Å². The SMILES string of the molecule is C[C@H](C(=O)N(C)CC1CCC(c2cc(CN(C)C)n(C)n2)CC1)c1ccccc1. The number of likely N-dealkylation sites (N-methyl/N-ethyl adjacent to an activating group) is 1. The molecule has 0 unspecified atom stereocenters. The number of aromatic nitrogens is 2. The second-order valence-corrected chi connectivity index (χ2v) is 8.99. The van der Waals surface area contributed by atoms with Crippen LogP contribution in [0, 0.1) is 5.92 Å². The molecule has 2 aromatic rings. The van der Waals surface area contributed by atoms with E-state index in [-0.39, 0.29) is 11.8 Å². The minimum Gasteiger partial charge on any atom is -0.345 e. The van der Waals surface area contributed by atoms with Gasteiger partial charge >= 0.3 is 0 Å². The monoisotopic (exact) mass is 396 g/mol. The van der Waals surface area contributed by atoms with E-state index in [0.717, 1.165) is 18.7 Å². The van der Waals surface area contributed by atoms with Crippen molar-refractivity contribution in [2.24, 2.45) is 13.0 Å². The third-order valence-corrected chi connectivity index (χ3v) is 6.32. The fraction of sp³-hybridized carbons (Fsp3) is 0.583. The molecule has 1 fully saturated rings. The van der Waals surface area contributed by atoms with Gasteiger partial charge in [0.05, 0.1) is 17.3 Å². The second-order valence-electron chi connectivity index (χ2n) is 8.99. The van der Waals surface area contributed by atoms with Gasteiger partial charge in [0.1, 0.15) is 0 Å². The molecule has 29 heavy (non-hydrogen) atoms. The van der Waals surface area contributed by atoms with E-state index in [2.05, 4.69) is 25.1 Å². The van der Waals surface area contributed by atoms with Crippen molar-refractivity contribution in [3.05, 3.63) is 53.3 Å². The van der Waals surface area contributed by atoms with E-state index in [9.17, 15) is 4.79 Å². The van der Waals surface area contributed by atoms with Crippen LogP contribution in [0.4, 0.5) is 0 Å². The lowest BCUT2D eigenvalue weighted by molar-refractivity contribution is -0.131. The summed E-state index contributed by atoms with van der Waals surface area (Å²) in [4.78, 5) is 17.0. The van der Waals surface area contributed by atoms with Crippen LogP contribution in [-0.2, 0) is 18.4 Å². The molecule has 0 saturated heterocycles. The molecule has 0 spiro atoms. The highest BCUT2D eigenvalue weighted by Crippen LogP contribution is 2.36. The molecule has 0 aliphatic heterocycles. The number of hydrogen-bond donors (Lipinski definition) is 0. The highest BCUT2D eigenvalue weighted by Gasteiger charge is 2.27. The highest BCUT2D eigenvalue weighted by molar-refractivity contribution is 5.83. The van der Waals surface area contributed by atoms with Crippen molar-refractivity contribution < 1.29 is 4.79 Å². The van der Waals surface area contributed by atoms with Gasteiger partial charge < -0.3 is 9.80 Å². The Labute approximate surface area is 175 Å². The van der Waals surface area contributed by atoms with Crippen LogP contribution in [0.15, 0.2) is 36.4 Å². The molecule has 1 aliphatic rings. The topological polar surface area (TPSA) is 41.4 Å². The van der Waals surface area contributed by atoms with E-state index in [0.29, 0.717) is 11.8 Å². The summed E-state index contributed by atoms with van der Waals surface area (Å²) in [7, 11) is 8.19. The third kappa shape index (κ3) is 5.47. The normalized spacial score (nSPS) is 20.6. The van der Waals surface area contributed by atoms with E-state index < -0.39 is 0 Å². The predicted octanol–water partition coefficient (Wildman–Crippen LogP) is 4.02. The third-order valence-electron chi connectivity index (χ3n) is 6.32. The molecule has 3 rings (SSSR count). The molecule has 0 N–H and O–H groups in total. The number of hydrogen-bond acceptors (Lipinski definition) is 3. The van der Waals surface area contributed by atoms with E-state index in [1.807, 2.05) is 60.9 Å². The van der Waals surface area contributed by atoms with Crippen LogP contribution in [-0.4, -0.2) is 53.2 Å². The maximum atomic E-state index is 12.8. The lowest BCUT2D eigenvalue weighted by Gasteiger charge is -2.31.